The van der Waals surface area contributed by atoms with Crippen LogP contribution in [0.15, 0.2) is 22.2 Å². The van der Waals surface area contributed by atoms with Crippen molar-refractivity contribution in [3.8, 4) is 0 Å². The predicted octanol–water partition coefficient (Wildman–Crippen LogP) is 2.64. The Bertz CT molecular complexity index is 485. The predicted molar refractivity (Wildman–Crippen MR) is 51.7 cm³/mol. The standard InChI is InChI=1S/C6H3Cl2NO4S/c7-5-3(9-10)1-2-4(6(5)8)14(11,12)13/h1-2H,(H,11,12,13). The molecule has 0 atom stereocenters. The number of benzene rings is 1. The van der Waals surface area contributed by atoms with E-state index in [4.69, 9.17) is 27.8 Å². The average molecular weight is 256 g/mol. The fraction of sp³-hybridized carbons (Fsp3) is 0. The maximum absolute atomic E-state index is 10.7. The van der Waals surface area contributed by atoms with Gasteiger partial charge in [-0.05, 0) is 17.3 Å². The van der Waals surface area contributed by atoms with Gasteiger partial charge in [-0.3, -0.25) is 4.55 Å². The van der Waals surface area contributed by atoms with E-state index in [2.05, 4.69) is 5.18 Å². The number of nitrogens with zero attached hydrogens (tertiary/aromatic N) is 1. The van der Waals surface area contributed by atoms with Crippen molar-refractivity contribution in [3.05, 3.63) is 27.1 Å². The SMILES string of the molecule is O=Nc1ccc(S(=O)(=O)O)c(Cl)c1Cl. The summed E-state index contributed by atoms with van der Waals surface area (Å²) >= 11 is 11.0. The smallest absolute Gasteiger partial charge is 0.282 e. The van der Waals surface area contributed by atoms with Crippen molar-refractivity contribution in [3.63, 3.8) is 0 Å². The molecule has 14 heavy (non-hydrogen) atoms. The highest BCUT2D eigenvalue weighted by Gasteiger charge is 2.19. The molecule has 0 saturated carbocycles. The molecule has 76 valence electrons. The van der Waals surface area contributed by atoms with Crippen molar-refractivity contribution in [1.29, 1.82) is 0 Å². The van der Waals surface area contributed by atoms with Crippen molar-refractivity contribution in [2.24, 2.45) is 5.18 Å². The van der Waals surface area contributed by atoms with Gasteiger partial charge in [0.05, 0.1) is 10.0 Å². The summed E-state index contributed by atoms with van der Waals surface area (Å²) in [5.41, 5.74) is -0.191. The average Bonchev–Trinajstić information content (AvgIpc) is 2.07. The maximum atomic E-state index is 10.7. The Hall–Kier alpha value is -0.690. The first-order chi connectivity index (χ1) is 6.38. The Morgan fingerprint density at radius 2 is 1.79 bits per heavy atom. The van der Waals surface area contributed by atoms with Crippen molar-refractivity contribution in [2.75, 3.05) is 0 Å². The molecular formula is C6H3Cl2NO4S. The summed E-state index contributed by atoms with van der Waals surface area (Å²) < 4.78 is 30.1. The second-order valence-corrected chi connectivity index (χ2v) is 4.42. The Kier molecular flexibility index (Phi) is 3.10. The van der Waals surface area contributed by atoms with E-state index >= 15 is 0 Å². The zero-order chi connectivity index (χ0) is 10.9. The van der Waals surface area contributed by atoms with Gasteiger partial charge in [-0.2, -0.15) is 8.42 Å². The van der Waals surface area contributed by atoms with Crippen molar-refractivity contribution >= 4 is 39.0 Å². The Morgan fingerprint density at radius 1 is 1.21 bits per heavy atom. The van der Waals surface area contributed by atoms with E-state index in [-0.39, 0.29) is 10.7 Å². The van der Waals surface area contributed by atoms with Crippen LogP contribution < -0.4 is 0 Å². The van der Waals surface area contributed by atoms with Crippen LogP contribution in [-0.2, 0) is 10.1 Å². The second kappa shape index (κ2) is 3.82. The van der Waals surface area contributed by atoms with Crippen LogP contribution in [0.3, 0.4) is 0 Å². The minimum Gasteiger partial charge on any atom is -0.282 e. The molecule has 0 aliphatic rings. The minimum absolute atomic E-state index is 0.191. The first kappa shape index (κ1) is 11.4. The van der Waals surface area contributed by atoms with Crippen LogP contribution in [-0.4, -0.2) is 13.0 Å². The number of nitroso groups, excluding NO2 is 1. The topological polar surface area (TPSA) is 83.8 Å². The molecule has 1 N–H and O–H groups in total. The van der Waals surface area contributed by atoms with Crippen molar-refractivity contribution in [1.82, 2.24) is 0 Å². The molecule has 0 amide bonds. The highest BCUT2D eigenvalue weighted by Crippen LogP contribution is 2.36. The van der Waals surface area contributed by atoms with Gasteiger partial charge >= 0.3 is 0 Å². The van der Waals surface area contributed by atoms with E-state index < -0.39 is 20.0 Å². The summed E-state index contributed by atoms with van der Waals surface area (Å²) in [6.07, 6.45) is 0. The van der Waals surface area contributed by atoms with E-state index in [1.54, 1.807) is 0 Å². The molecule has 0 aromatic heterocycles. The summed E-state index contributed by atoms with van der Waals surface area (Å²) in [6.45, 7) is 0. The number of halogens is 2. The Morgan fingerprint density at radius 3 is 2.21 bits per heavy atom. The molecule has 1 aromatic rings. The summed E-state index contributed by atoms with van der Waals surface area (Å²) in [5, 5.41) is 1.78. The molecule has 0 bridgehead atoms. The highest BCUT2D eigenvalue weighted by molar-refractivity contribution is 7.86. The normalized spacial score (nSPS) is 11.4. The number of hydrogen-bond donors (Lipinski definition) is 1. The van der Waals surface area contributed by atoms with Gasteiger partial charge in [0.25, 0.3) is 10.1 Å². The first-order valence-electron chi connectivity index (χ1n) is 3.16. The summed E-state index contributed by atoms with van der Waals surface area (Å²) in [5.74, 6) is 0. The third-order valence-electron chi connectivity index (χ3n) is 1.40. The Labute approximate surface area is 89.4 Å². The van der Waals surface area contributed by atoms with E-state index in [9.17, 15) is 13.3 Å². The monoisotopic (exact) mass is 255 g/mol. The molecule has 8 heteroatoms. The zero-order valence-corrected chi connectivity index (χ0v) is 8.77. The summed E-state index contributed by atoms with van der Waals surface area (Å²) in [6, 6.07) is 1.99. The molecule has 0 aliphatic carbocycles. The number of hydrogen-bond acceptors (Lipinski definition) is 4. The third-order valence-corrected chi connectivity index (χ3v) is 3.28. The summed E-state index contributed by atoms with van der Waals surface area (Å²) in [4.78, 5) is 9.58. The molecule has 1 rings (SSSR count). The lowest BCUT2D eigenvalue weighted by atomic mass is 10.3. The van der Waals surface area contributed by atoms with Gasteiger partial charge in [0.15, 0.2) is 0 Å². The van der Waals surface area contributed by atoms with Gasteiger partial charge in [-0.15, -0.1) is 4.91 Å². The van der Waals surface area contributed by atoms with Gasteiger partial charge in [-0.1, -0.05) is 23.2 Å². The molecule has 0 fully saturated rings. The molecule has 0 saturated heterocycles. The highest BCUT2D eigenvalue weighted by atomic mass is 35.5. The van der Waals surface area contributed by atoms with Gasteiger partial charge < -0.3 is 0 Å². The Balaban J connectivity index is 3.54. The fourth-order valence-electron chi connectivity index (χ4n) is 0.791. The molecule has 1 aromatic carbocycles. The van der Waals surface area contributed by atoms with E-state index in [1.165, 1.54) is 0 Å². The maximum Gasteiger partial charge on any atom is 0.296 e. The molecule has 0 radical (unpaired) electrons. The third kappa shape index (κ3) is 2.03. The van der Waals surface area contributed by atoms with Gasteiger partial charge in [-0.25, -0.2) is 0 Å². The fourth-order valence-corrected chi connectivity index (χ4v) is 2.07. The van der Waals surface area contributed by atoms with Crippen molar-refractivity contribution < 1.29 is 13.0 Å². The largest absolute Gasteiger partial charge is 0.296 e. The van der Waals surface area contributed by atoms with Crippen LogP contribution in [0.4, 0.5) is 5.69 Å². The van der Waals surface area contributed by atoms with E-state index in [0.29, 0.717) is 0 Å². The van der Waals surface area contributed by atoms with Crippen LogP contribution in [0, 0.1) is 4.91 Å². The van der Waals surface area contributed by atoms with Gasteiger partial charge in [0.1, 0.15) is 10.6 Å². The molecule has 0 unspecified atom stereocenters. The molecule has 0 spiro atoms. The quantitative estimate of drug-likeness (QED) is 0.651. The first-order valence-corrected chi connectivity index (χ1v) is 5.36. The molecular weight excluding hydrogens is 253 g/mol. The summed E-state index contributed by atoms with van der Waals surface area (Å²) in [7, 11) is -4.44. The zero-order valence-electron chi connectivity index (χ0n) is 6.44. The molecule has 5 nitrogen and oxygen atoms in total. The van der Waals surface area contributed by atoms with Crippen LogP contribution in [0.1, 0.15) is 0 Å². The lowest BCUT2D eigenvalue weighted by molar-refractivity contribution is 0.483. The molecule has 0 aliphatic heterocycles. The van der Waals surface area contributed by atoms with E-state index in [1.807, 2.05) is 0 Å². The van der Waals surface area contributed by atoms with Crippen LogP contribution in [0.5, 0.6) is 0 Å². The van der Waals surface area contributed by atoms with Gasteiger partial charge in [0, 0.05) is 0 Å². The second-order valence-electron chi connectivity index (χ2n) is 2.28. The van der Waals surface area contributed by atoms with Crippen LogP contribution in [0.25, 0.3) is 0 Å². The van der Waals surface area contributed by atoms with E-state index in [0.717, 1.165) is 12.1 Å². The lowest BCUT2D eigenvalue weighted by Gasteiger charge is -2.02. The number of rotatable bonds is 2. The lowest BCUT2D eigenvalue weighted by Crippen LogP contribution is -1.98. The van der Waals surface area contributed by atoms with Crippen LogP contribution in [0.2, 0.25) is 10.0 Å². The molecule has 0 heterocycles. The van der Waals surface area contributed by atoms with Crippen LogP contribution >= 0.6 is 23.2 Å². The van der Waals surface area contributed by atoms with Crippen molar-refractivity contribution in [2.45, 2.75) is 4.90 Å². The van der Waals surface area contributed by atoms with Gasteiger partial charge in [0.2, 0.25) is 0 Å². The minimum atomic E-state index is -4.44.